The van der Waals surface area contributed by atoms with Crippen molar-refractivity contribution in [1.29, 1.82) is 0 Å². The summed E-state index contributed by atoms with van der Waals surface area (Å²) in [7, 11) is 1.42. The van der Waals surface area contributed by atoms with Gasteiger partial charge in [0.2, 0.25) is 0 Å². The lowest BCUT2D eigenvalue weighted by atomic mass is 9.99. The number of esters is 1. The molecule has 102 valence electrons. The third kappa shape index (κ3) is 6.64. The third-order valence-corrected chi connectivity index (χ3v) is 2.99. The maximum absolute atomic E-state index is 11.6. The normalized spacial score (nSPS) is 14.7. The van der Waals surface area contributed by atoms with Gasteiger partial charge >= 0.3 is 5.97 Å². The average Bonchev–Trinajstić information content (AvgIpc) is 2.31. The number of unbranched alkanes of at least 4 members (excludes halogenated alkanes) is 1. The van der Waals surface area contributed by atoms with Crippen molar-refractivity contribution in [3.8, 4) is 0 Å². The molecule has 0 saturated carbocycles. The van der Waals surface area contributed by atoms with Crippen molar-refractivity contribution in [2.45, 2.75) is 58.5 Å². The first-order chi connectivity index (χ1) is 8.06. The number of hydrogen-bond acceptors (Lipinski definition) is 4. The summed E-state index contributed by atoms with van der Waals surface area (Å²) in [5.41, 5.74) is 0. The minimum absolute atomic E-state index is 0.136. The molecule has 2 unspecified atom stereocenters. The highest BCUT2D eigenvalue weighted by Gasteiger charge is 2.23. The summed E-state index contributed by atoms with van der Waals surface area (Å²) in [6.07, 6.45) is 3.51. The number of carbonyl (C=O) groups is 1. The molecule has 2 atom stereocenters. The molecule has 0 aliphatic carbocycles. The number of aliphatic hydroxyl groups is 1. The van der Waals surface area contributed by atoms with Crippen molar-refractivity contribution in [1.82, 2.24) is 5.32 Å². The molecule has 2 N–H and O–H groups in total. The van der Waals surface area contributed by atoms with Crippen LogP contribution < -0.4 is 5.32 Å². The maximum atomic E-state index is 11.6. The van der Waals surface area contributed by atoms with Crippen LogP contribution in [-0.4, -0.2) is 36.9 Å². The van der Waals surface area contributed by atoms with E-state index in [2.05, 4.69) is 26.1 Å². The summed E-state index contributed by atoms with van der Waals surface area (Å²) < 4.78 is 4.80. The van der Waals surface area contributed by atoms with E-state index >= 15 is 0 Å². The number of methoxy groups -OCH3 is 1. The molecule has 0 bridgehead atoms. The average molecular weight is 245 g/mol. The molecule has 0 aromatic heterocycles. The summed E-state index contributed by atoms with van der Waals surface area (Å²) in [5, 5.41) is 12.3. The molecule has 0 radical (unpaired) electrons. The molecule has 0 aromatic carbocycles. The van der Waals surface area contributed by atoms with Crippen LogP contribution in [-0.2, 0) is 9.53 Å². The van der Waals surface area contributed by atoms with Crippen LogP contribution in [0.5, 0.6) is 0 Å². The van der Waals surface area contributed by atoms with Gasteiger partial charge in [0.15, 0.2) is 0 Å². The van der Waals surface area contributed by atoms with Crippen molar-refractivity contribution in [2.24, 2.45) is 5.92 Å². The number of carbonyl (C=O) groups excluding carboxylic acids is 1. The van der Waals surface area contributed by atoms with Gasteiger partial charge < -0.3 is 15.2 Å². The summed E-state index contributed by atoms with van der Waals surface area (Å²) in [6, 6.07) is -0.0974. The van der Waals surface area contributed by atoms with Crippen molar-refractivity contribution in [3.05, 3.63) is 0 Å². The standard InChI is InChI=1S/C13H27NO3/c1-5-6-7-12(13(16)17-4)14-11(8-9-15)10(2)3/h10-12,14-15H,5-9H2,1-4H3. The van der Waals surface area contributed by atoms with Gasteiger partial charge in [-0.3, -0.25) is 4.79 Å². The van der Waals surface area contributed by atoms with Crippen LogP contribution in [0.2, 0.25) is 0 Å². The molecule has 4 nitrogen and oxygen atoms in total. The third-order valence-electron chi connectivity index (χ3n) is 2.99. The molecule has 0 heterocycles. The Labute approximate surface area is 105 Å². The number of nitrogens with one attached hydrogen (secondary N) is 1. The SMILES string of the molecule is CCCCC(NC(CCO)C(C)C)C(=O)OC. The van der Waals surface area contributed by atoms with E-state index in [9.17, 15) is 4.79 Å². The molecule has 0 rings (SSSR count). The summed E-state index contributed by atoms with van der Waals surface area (Å²) in [6.45, 7) is 6.41. The molecule has 0 aliphatic heterocycles. The first kappa shape index (κ1) is 16.4. The van der Waals surface area contributed by atoms with Gasteiger partial charge in [0.05, 0.1) is 7.11 Å². The van der Waals surface area contributed by atoms with E-state index in [4.69, 9.17) is 9.84 Å². The fourth-order valence-corrected chi connectivity index (χ4v) is 1.83. The lowest BCUT2D eigenvalue weighted by Gasteiger charge is -2.26. The molecule has 0 saturated heterocycles. The van der Waals surface area contributed by atoms with Crippen LogP contribution in [0.25, 0.3) is 0 Å². The Morgan fingerprint density at radius 2 is 2.00 bits per heavy atom. The topological polar surface area (TPSA) is 58.6 Å². The van der Waals surface area contributed by atoms with Crippen molar-refractivity contribution < 1.29 is 14.6 Å². The van der Waals surface area contributed by atoms with Gasteiger partial charge in [0.25, 0.3) is 0 Å². The van der Waals surface area contributed by atoms with Gasteiger partial charge in [0.1, 0.15) is 6.04 Å². The van der Waals surface area contributed by atoms with Crippen molar-refractivity contribution in [3.63, 3.8) is 0 Å². The van der Waals surface area contributed by atoms with Crippen LogP contribution in [0.1, 0.15) is 46.5 Å². The lowest BCUT2D eigenvalue weighted by Crippen LogP contribution is -2.46. The smallest absolute Gasteiger partial charge is 0.322 e. The second kappa shape index (κ2) is 9.42. The fraction of sp³-hybridized carbons (Fsp3) is 0.923. The Balaban J connectivity index is 4.40. The van der Waals surface area contributed by atoms with E-state index in [1.807, 2.05) is 0 Å². The van der Waals surface area contributed by atoms with Gasteiger partial charge in [-0.25, -0.2) is 0 Å². The van der Waals surface area contributed by atoms with E-state index in [1.54, 1.807) is 0 Å². The van der Waals surface area contributed by atoms with Gasteiger partial charge in [-0.15, -0.1) is 0 Å². The predicted molar refractivity (Wildman–Crippen MR) is 68.8 cm³/mol. The molecule has 4 heteroatoms. The molecule has 0 spiro atoms. The van der Waals surface area contributed by atoms with E-state index in [0.29, 0.717) is 12.3 Å². The summed E-state index contributed by atoms with van der Waals surface area (Å²) >= 11 is 0. The zero-order valence-corrected chi connectivity index (χ0v) is 11.5. The van der Waals surface area contributed by atoms with E-state index in [-0.39, 0.29) is 24.7 Å². The second-order valence-corrected chi connectivity index (χ2v) is 4.75. The van der Waals surface area contributed by atoms with Crippen LogP contribution in [0.3, 0.4) is 0 Å². The van der Waals surface area contributed by atoms with Crippen LogP contribution in [0.4, 0.5) is 0 Å². The molecule has 0 aromatic rings. The number of rotatable bonds is 9. The Morgan fingerprint density at radius 1 is 1.35 bits per heavy atom. The number of ether oxygens (including phenoxy) is 1. The van der Waals surface area contributed by atoms with E-state index < -0.39 is 0 Å². The molecule has 17 heavy (non-hydrogen) atoms. The predicted octanol–water partition coefficient (Wildman–Crippen LogP) is 1.71. The number of aliphatic hydroxyl groups excluding tert-OH is 1. The van der Waals surface area contributed by atoms with Crippen LogP contribution in [0, 0.1) is 5.92 Å². The van der Waals surface area contributed by atoms with E-state index in [1.165, 1.54) is 7.11 Å². The lowest BCUT2D eigenvalue weighted by molar-refractivity contribution is -0.143. The molecular formula is C13H27NO3. The van der Waals surface area contributed by atoms with Crippen molar-refractivity contribution >= 4 is 5.97 Å². The molecule has 0 amide bonds. The van der Waals surface area contributed by atoms with Crippen LogP contribution >= 0.6 is 0 Å². The molecular weight excluding hydrogens is 218 g/mol. The monoisotopic (exact) mass is 245 g/mol. The van der Waals surface area contributed by atoms with Crippen LogP contribution in [0.15, 0.2) is 0 Å². The summed E-state index contributed by atoms with van der Waals surface area (Å²) in [4.78, 5) is 11.6. The first-order valence-electron chi connectivity index (χ1n) is 6.51. The Bertz CT molecular complexity index is 207. The Kier molecular flexibility index (Phi) is 9.09. The van der Waals surface area contributed by atoms with Gasteiger partial charge in [0, 0.05) is 12.6 Å². The summed E-state index contributed by atoms with van der Waals surface area (Å²) in [5.74, 6) is 0.179. The zero-order valence-electron chi connectivity index (χ0n) is 11.5. The Hall–Kier alpha value is -0.610. The van der Waals surface area contributed by atoms with Gasteiger partial charge in [-0.1, -0.05) is 33.6 Å². The second-order valence-electron chi connectivity index (χ2n) is 4.75. The minimum atomic E-state index is -0.251. The van der Waals surface area contributed by atoms with Gasteiger partial charge in [-0.05, 0) is 18.8 Å². The zero-order chi connectivity index (χ0) is 13.3. The molecule has 0 aliphatic rings. The number of hydrogen-bond donors (Lipinski definition) is 2. The molecule has 0 fully saturated rings. The largest absolute Gasteiger partial charge is 0.468 e. The quantitative estimate of drug-likeness (QED) is 0.607. The highest BCUT2D eigenvalue weighted by Crippen LogP contribution is 2.10. The first-order valence-corrected chi connectivity index (χ1v) is 6.51. The Morgan fingerprint density at radius 3 is 2.41 bits per heavy atom. The van der Waals surface area contributed by atoms with Crippen molar-refractivity contribution in [2.75, 3.05) is 13.7 Å². The highest BCUT2D eigenvalue weighted by atomic mass is 16.5. The maximum Gasteiger partial charge on any atom is 0.322 e. The highest BCUT2D eigenvalue weighted by molar-refractivity contribution is 5.75. The van der Waals surface area contributed by atoms with E-state index in [0.717, 1.165) is 19.3 Å². The van der Waals surface area contributed by atoms with Gasteiger partial charge in [-0.2, -0.15) is 0 Å². The fourth-order valence-electron chi connectivity index (χ4n) is 1.83. The minimum Gasteiger partial charge on any atom is -0.468 e.